The number of thioether (sulfide) groups is 1. The van der Waals surface area contributed by atoms with Gasteiger partial charge in [0.15, 0.2) is 0 Å². The molecule has 0 nitrogen and oxygen atoms in total. The zero-order valence-corrected chi connectivity index (χ0v) is 15.8. The third-order valence-corrected chi connectivity index (χ3v) is 2.68. The molecular formula is C19H34S. The van der Waals surface area contributed by atoms with Gasteiger partial charge in [-0.3, -0.25) is 0 Å². The van der Waals surface area contributed by atoms with Gasteiger partial charge in [-0.25, -0.2) is 0 Å². The molecule has 0 radical (unpaired) electrons. The summed E-state index contributed by atoms with van der Waals surface area (Å²) in [5, 5.41) is 2.64. The van der Waals surface area contributed by atoms with Gasteiger partial charge < -0.3 is 0 Å². The number of fused-ring (bicyclic) bond motifs is 1. The molecule has 0 heterocycles. The quantitative estimate of drug-likeness (QED) is 0.486. The van der Waals surface area contributed by atoms with Crippen LogP contribution in [0.4, 0.5) is 0 Å². The number of benzene rings is 2. The summed E-state index contributed by atoms with van der Waals surface area (Å²) < 4.78 is 0. The van der Waals surface area contributed by atoms with Gasteiger partial charge >= 0.3 is 0 Å². The van der Waals surface area contributed by atoms with Gasteiger partial charge in [0.05, 0.1) is 0 Å². The molecule has 0 amide bonds. The van der Waals surface area contributed by atoms with Crippen LogP contribution in [0.5, 0.6) is 0 Å². The first-order valence-corrected chi connectivity index (χ1v) is 9.15. The van der Waals surface area contributed by atoms with E-state index in [1.54, 1.807) is 11.8 Å². The van der Waals surface area contributed by atoms with E-state index in [9.17, 15) is 0 Å². The van der Waals surface area contributed by atoms with Crippen molar-refractivity contribution in [3.8, 4) is 0 Å². The molecule has 0 aliphatic rings. The van der Waals surface area contributed by atoms with Crippen molar-refractivity contribution in [2.24, 2.45) is 0 Å². The maximum Gasteiger partial charge on any atom is 0.00755 e. The fraction of sp³-hybridized carbons (Fsp3) is 0.474. The van der Waals surface area contributed by atoms with Crippen molar-refractivity contribution >= 4 is 22.5 Å². The smallest absolute Gasteiger partial charge is 0.00755 e. The highest BCUT2D eigenvalue weighted by Gasteiger charge is 1.92. The zero-order chi connectivity index (χ0) is 16.4. The summed E-state index contributed by atoms with van der Waals surface area (Å²) in [5.41, 5.74) is 0. The minimum absolute atomic E-state index is 1.32. The molecular weight excluding hydrogens is 260 g/mol. The molecule has 0 N–H and O–H groups in total. The van der Waals surface area contributed by atoms with Crippen LogP contribution >= 0.6 is 11.8 Å². The predicted octanol–water partition coefficient (Wildman–Crippen LogP) is 7.67. The first kappa shape index (κ1) is 24.1. The lowest BCUT2D eigenvalue weighted by atomic mass is 10.1. The normalized spacial score (nSPS) is 7.45. The van der Waals surface area contributed by atoms with Crippen LogP contribution in [0.2, 0.25) is 0 Å². The van der Waals surface area contributed by atoms with Gasteiger partial charge in [-0.05, 0) is 29.2 Å². The summed E-state index contributed by atoms with van der Waals surface area (Å²) in [7, 11) is 0. The lowest BCUT2D eigenvalue weighted by Crippen LogP contribution is -1.72. The SMILES string of the molecule is CC.CC.CC.CC.CSc1ccc2ccccc2c1. The highest BCUT2D eigenvalue weighted by molar-refractivity contribution is 7.98. The van der Waals surface area contributed by atoms with E-state index in [0.717, 1.165) is 0 Å². The molecule has 0 bridgehead atoms. The van der Waals surface area contributed by atoms with Crippen LogP contribution in [0.1, 0.15) is 55.4 Å². The van der Waals surface area contributed by atoms with Gasteiger partial charge in [0.1, 0.15) is 0 Å². The van der Waals surface area contributed by atoms with Crippen LogP contribution in [0.25, 0.3) is 10.8 Å². The first-order valence-electron chi connectivity index (χ1n) is 7.93. The molecule has 116 valence electrons. The maximum atomic E-state index is 2.22. The maximum absolute atomic E-state index is 2.22. The standard InChI is InChI=1S/C11H10S.4C2H6/c1-12-11-7-6-9-4-2-3-5-10(9)8-11;4*1-2/h2-8H,1H3;4*1-2H3. The third kappa shape index (κ3) is 9.91. The van der Waals surface area contributed by atoms with E-state index < -0.39 is 0 Å². The highest BCUT2D eigenvalue weighted by atomic mass is 32.2. The Balaban J connectivity index is -0.000000314. The molecule has 2 aromatic rings. The van der Waals surface area contributed by atoms with Crippen LogP contribution < -0.4 is 0 Å². The molecule has 0 saturated heterocycles. The molecule has 20 heavy (non-hydrogen) atoms. The van der Waals surface area contributed by atoms with Crippen molar-refractivity contribution in [3.05, 3.63) is 42.5 Å². The molecule has 0 atom stereocenters. The predicted molar refractivity (Wildman–Crippen MR) is 101 cm³/mol. The molecule has 0 unspecified atom stereocenters. The lowest BCUT2D eigenvalue weighted by Gasteiger charge is -1.99. The lowest BCUT2D eigenvalue weighted by molar-refractivity contribution is 1.50. The summed E-state index contributed by atoms with van der Waals surface area (Å²) in [5.74, 6) is 0. The summed E-state index contributed by atoms with van der Waals surface area (Å²) in [6.07, 6.45) is 2.10. The number of rotatable bonds is 1. The summed E-state index contributed by atoms with van der Waals surface area (Å²) >= 11 is 1.78. The fourth-order valence-corrected chi connectivity index (χ4v) is 1.74. The molecule has 0 aliphatic carbocycles. The van der Waals surface area contributed by atoms with E-state index >= 15 is 0 Å². The van der Waals surface area contributed by atoms with Gasteiger partial charge in [0, 0.05) is 4.90 Å². The van der Waals surface area contributed by atoms with Crippen LogP contribution in [-0.2, 0) is 0 Å². The fourth-order valence-electron chi connectivity index (χ4n) is 1.29. The second-order valence-electron chi connectivity index (χ2n) is 2.71. The van der Waals surface area contributed by atoms with E-state index in [-0.39, 0.29) is 0 Å². The monoisotopic (exact) mass is 294 g/mol. The minimum Gasteiger partial charge on any atom is -0.130 e. The van der Waals surface area contributed by atoms with Gasteiger partial charge in [0.25, 0.3) is 0 Å². The zero-order valence-electron chi connectivity index (χ0n) is 14.9. The Morgan fingerprint density at radius 2 is 1.05 bits per heavy atom. The van der Waals surface area contributed by atoms with E-state index in [1.807, 2.05) is 55.4 Å². The third-order valence-electron chi connectivity index (χ3n) is 1.96. The number of hydrogen-bond acceptors (Lipinski definition) is 1. The molecule has 0 aromatic heterocycles. The van der Waals surface area contributed by atoms with Gasteiger partial charge in [-0.1, -0.05) is 85.7 Å². The van der Waals surface area contributed by atoms with E-state index in [4.69, 9.17) is 0 Å². The summed E-state index contributed by atoms with van der Waals surface area (Å²) in [4.78, 5) is 1.33. The second-order valence-corrected chi connectivity index (χ2v) is 3.59. The topological polar surface area (TPSA) is 0 Å². The number of hydrogen-bond donors (Lipinski definition) is 0. The van der Waals surface area contributed by atoms with Gasteiger partial charge in [-0.2, -0.15) is 0 Å². The molecule has 2 aromatic carbocycles. The molecule has 1 heteroatoms. The van der Waals surface area contributed by atoms with Crippen molar-refractivity contribution in [1.29, 1.82) is 0 Å². The largest absolute Gasteiger partial charge is 0.130 e. The van der Waals surface area contributed by atoms with Crippen LogP contribution in [0.15, 0.2) is 47.4 Å². The molecule has 0 aliphatic heterocycles. The molecule has 0 fully saturated rings. The van der Waals surface area contributed by atoms with Crippen LogP contribution in [0, 0.1) is 0 Å². The van der Waals surface area contributed by atoms with E-state index in [2.05, 4.69) is 48.7 Å². The Bertz CT molecular complexity index is 394. The van der Waals surface area contributed by atoms with Crippen LogP contribution in [-0.4, -0.2) is 6.26 Å². The van der Waals surface area contributed by atoms with Crippen LogP contribution in [0.3, 0.4) is 0 Å². The molecule has 0 spiro atoms. The Morgan fingerprint density at radius 3 is 1.50 bits per heavy atom. The Kier molecular flexibility index (Phi) is 24.5. The molecule has 0 saturated carbocycles. The Morgan fingerprint density at radius 1 is 0.600 bits per heavy atom. The average molecular weight is 295 g/mol. The second kappa shape index (κ2) is 20.4. The van der Waals surface area contributed by atoms with Crippen molar-refractivity contribution in [1.82, 2.24) is 0 Å². The van der Waals surface area contributed by atoms with E-state index in [1.165, 1.54) is 15.7 Å². The van der Waals surface area contributed by atoms with Crippen molar-refractivity contribution < 1.29 is 0 Å². The highest BCUT2D eigenvalue weighted by Crippen LogP contribution is 2.21. The van der Waals surface area contributed by atoms with Crippen molar-refractivity contribution in [3.63, 3.8) is 0 Å². The summed E-state index contributed by atoms with van der Waals surface area (Å²) in [6, 6.07) is 15.0. The van der Waals surface area contributed by atoms with Crippen molar-refractivity contribution in [2.75, 3.05) is 6.26 Å². The first-order chi connectivity index (χ1) is 9.90. The van der Waals surface area contributed by atoms with E-state index in [0.29, 0.717) is 0 Å². The average Bonchev–Trinajstić information content (AvgIpc) is 2.61. The van der Waals surface area contributed by atoms with Gasteiger partial charge in [0.2, 0.25) is 0 Å². The summed E-state index contributed by atoms with van der Waals surface area (Å²) in [6.45, 7) is 16.0. The van der Waals surface area contributed by atoms with Gasteiger partial charge in [-0.15, -0.1) is 11.8 Å². The molecule has 2 rings (SSSR count). The van der Waals surface area contributed by atoms with Crippen molar-refractivity contribution in [2.45, 2.75) is 60.3 Å². The Labute approximate surface area is 132 Å². The Hall–Kier alpha value is -0.950. The minimum atomic E-state index is 1.32.